The van der Waals surface area contributed by atoms with Crippen LogP contribution < -0.4 is 0 Å². The quantitative estimate of drug-likeness (QED) is 0.125. The minimum Gasteiger partial charge on any atom is -0.404 e. The third-order valence-electron chi connectivity index (χ3n) is 4.36. The summed E-state index contributed by atoms with van der Waals surface area (Å²) in [5.74, 6) is 0. The maximum Gasteiger partial charge on any atom is 0.149 e. The van der Waals surface area contributed by atoms with Gasteiger partial charge in [0.15, 0.2) is 0 Å². The van der Waals surface area contributed by atoms with Crippen molar-refractivity contribution < 1.29 is 9.16 Å². The van der Waals surface area contributed by atoms with Gasteiger partial charge in [-0.25, -0.2) is 0 Å². The van der Waals surface area contributed by atoms with Gasteiger partial charge >= 0.3 is 0 Å². The van der Waals surface area contributed by atoms with Gasteiger partial charge in [-0.2, -0.15) is 0 Å². The zero-order valence-corrected chi connectivity index (χ0v) is 18.4. The fraction of sp³-hybridized carbons (Fsp3) is 0.810. The topological polar surface area (TPSA) is 18.5 Å². The molecule has 142 valence electrons. The summed E-state index contributed by atoms with van der Waals surface area (Å²) in [6.45, 7) is 6.54. The van der Waals surface area contributed by atoms with E-state index in [1.54, 1.807) is 6.08 Å². The molecule has 0 rings (SSSR count). The SMILES string of the molecule is C=CCOC(CCCCCCC/C=C\CCCCCCCC)O[SiH3]. The van der Waals surface area contributed by atoms with Gasteiger partial charge in [0.05, 0.1) is 6.61 Å². The Morgan fingerprint density at radius 3 is 1.92 bits per heavy atom. The van der Waals surface area contributed by atoms with E-state index in [0.717, 1.165) is 16.9 Å². The smallest absolute Gasteiger partial charge is 0.149 e. The standard InChI is InChI=1S/C21H42O2Si/c1-3-5-6-7-8-9-10-11-12-13-14-15-16-17-18-19-21(23-24)22-20-4-2/h4,11-12,21H,2-3,5-10,13-20H2,1,24H3/b12-11-. The average Bonchev–Trinajstić information content (AvgIpc) is 2.61. The maximum atomic E-state index is 5.54. The minimum absolute atomic E-state index is 0.000396. The van der Waals surface area contributed by atoms with Crippen molar-refractivity contribution in [3.8, 4) is 0 Å². The van der Waals surface area contributed by atoms with Crippen molar-refractivity contribution in [2.24, 2.45) is 0 Å². The molecule has 0 spiro atoms. The molecule has 0 amide bonds. The lowest BCUT2D eigenvalue weighted by Crippen LogP contribution is -2.15. The van der Waals surface area contributed by atoms with E-state index in [-0.39, 0.29) is 6.29 Å². The van der Waals surface area contributed by atoms with Crippen LogP contribution >= 0.6 is 0 Å². The Kier molecular flexibility index (Phi) is 20.3. The van der Waals surface area contributed by atoms with Gasteiger partial charge in [0.1, 0.15) is 16.8 Å². The highest BCUT2D eigenvalue weighted by Crippen LogP contribution is 2.12. The number of allylic oxidation sites excluding steroid dienone is 2. The summed E-state index contributed by atoms with van der Waals surface area (Å²) in [5, 5.41) is 0. The second-order valence-electron chi connectivity index (χ2n) is 6.66. The summed E-state index contributed by atoms with van der Waals surface area (Å²) >= 11 is 0. The van der Waals surface area contributed by atoms with Crippen LogP contribution in [0.15, 0.2) is 24.8 Å². The first-order valence-electron chi connectivity index (χ1n) is 10.3. The van der Waals surface area contributed by atoms with Crippen molar-refractivity contribution in [2.75, 3.05) is 6.61 Å². The van der Waals surface area contributed by atoms with Gasteiger partial charge < -0.3 is 9.16 Å². The van der Waals surface area contributed by atoms with Gasteiger partial charge in [-0.3, -0.25) is 0 Å². The first-order valence-corrected chi connectivity index (χ1v) is 11.1. The fourth-order valence-electron chi connectivity index (χ4n) is 2.83. The van der Waals surface area contributed by atoms with E-state index >= 15 is 0 Å². The summed E-state index contributed by atoms with van der Waals surface area (Å²) in [6, 6.07) is 0. The summed E-state index contributed by atoms with van der Waals surface area (Å²) in [5.41, 5.74) is 0. The van der Waals surface area contributed by atoms with Crippen LogP contribution in [0.25, 0.3) is 0 Å². The van der Waals surface area contributed by atoms with Crippen LogP contribution in [0.2, 0.25) is 0 Å². The molecule has 0 N–H and O–H groups in total. The van der Waals surface area contributed by atoms with Crippen molar-refractivity contribution in [1.82, 2.24) is 0 Å². The molecule has 3 heteroatoms. The van der Waals surface area contributed by atoms with E-state index in [2.05, 4.69) is 25.7 Å². The molecule has 24 heavy (non-hydrogen) atoms. The fourth-order valence-corrected chi connectivity index (χ4v) is 3.20. The van der Waals surface area contributed by atoms with E-state index in [9.17, 15) is 0 Å². The Morgan fingerprint density at radius 1 is 0.833 bits per heavy atom. The van der Waals surface area contributed by atoms with Gasteiger partial charge in [0.25, 0.3) is 0 Å². The van der Waals surface area contributed by atoms with Crippen LogP contribution in [0.5, 0.6) is 0 Å². The van der Waals surface area contributed by atoms with E-state index in [0.29, 0.717) is 6.61 Å². The zero-order chi connectivity index (χ0) is 17.7. The molecule has 2 nitrogen and oxygen atoms in total. The Labute approximate surface area is 154 Å². The van der Waals surface area contributed by atoms with E-state index in [1.165, 1.54) is 83.5 Å². The predicted octanol–water partition coefficient (Wildman–Crippen LogP) is 5.85. The molecule has 0 aliphatic rings. The highest BCUT2D eigenvalue weighted by atomic mass is 28.2. The van der Waals surface area contributed by atoms with Gasteiger partial charge in [-0.05, 0) is 38.5 Å². The molecule has 0 aromatic rings. The maximum absolute atomic E-state index is 5.54. The molecule has 0 saturated heterocycles. The lowest BCUT2D eigenvalue weighted by molar-refractivity contribution is -0.0709. The van der Waals surface area contributed by atoms with Crippen molar-refractivity contribution in [1.29, 1.82) is 0 Å². The summed E-state index contributed by atoms with van der Waals surface area (Å²) in [4.78, 5) is 0. The highest BCUT2D eigenvalue weighted by Gasteiger charge is 2.04. The van der Waals surface area contributed by atoms with Crippen LogP contribution in [0.4, 0.5) is 0 Å². The monoisotopic (exact) mass is 354 g/mol. The molecule has 0 aromatic heterocycles. The number of unbranched alkanes of at least 4 members (excludes halogenated alkanes) is 11. The third-order valence-corrected chi connectivity index (χ3v) is 4.89. The second-order valence-corrected chi connectivity index (χ2v) is 7.13. The Morgan fingerprint density at radius 2 is 1.38 bits per heavy atom. The van der Waals surface area contributed by atoms with Crippen LogP contribution in [-0.2, 0) is 9.16 Å². The van der Waals surface area contributed by atoms with Crippen molar-refractivity contribution in [3.05, 3.63) is 24.8 Å². The van der Waals surface area contributed by atoms with E-state index in [4.69, 9.17) is 9.16 Å². The van der Waals surface area contributed by atoms with Crippen LogP contribution in [0, 0.1) is 0 Å². The largest absolute Gasteiger partial charge is 0.404 e. The van der Waals surface area contributed by atoms with Gasteiger partial charge in [-0.15, -0.1) is 6.58 Å². The molecule has 0 bridgehead atoms. The number of ether oxygens (including phenoxy) is 1. The molecule has 0 aliphatic carbocycles. The molecule has 1 atom stereocenters. The van der Waals surface area contributed by atoms with Crippen LogP contribution in [-0.4, -0.2) is 23.4 Å². The molecule has 0 radical (unpaired) electrons. The first kappa shape index (κ1) is 23.6. The average molecular weight is 355 g/mol. The molecular weight excluding hydrogens is 312 g/mol. The molecule has 0 aromatic carbocycles. The molecule has 0 aliphatic heterocycles. The summed E-state index contributed by atoms with van der Waals surface area (Å²) < 4.78 is 11.0. The van der Waals surface area contributed by atoms with Crippen LogP contribution in [0.1, 0.15) is 96.8 Å². The van der Waals surface area contributed by atoms with Gasteiger partial charge in [0, 0.05) is 0 Å². The van der Waals surface area contributed by atoms with Crippen molar-refractivity contribution in [2.45, 2.75) is 103 Å². The number of rotatable bonds is 19. The van der Waals surface area contributed by atoms with Gasteiger partial charge in [-0.1, -0.05) is 76.5 Å². The minimum atomic E-state index is -0.000396. The number of hydrogen-bond acceptors (Lipinski definition) is 2. The third kappa shape index (κ3) is 18.0. The molecular formula is C21H42O2Si. The summed E-state index contributed by atoms with van der Waals surface area (Å²) in [6.07, 6.45) is 25.0. The zero-order valence-electron chi connectivity index (χ0n) is 16.4. The normalized spacial score (nSPS) is 12.9. The Bertz CT molecular complexity index is 279. The van der Waals surface area contributed by atoms with Crippen LogP contribution in [0.3, 0.4) is 0 Å². The Hall–Kier alpha value is -0.383. The molecule has 1 unspecified atom stereocenters. The lowest BCUT2D eigenvalue weighted by Gasteiger charge is -2.15. The second kappa shape index (κ2) is 20.7. The summed E-state index contributed by atoms with van der Waals surface area (Å²) in [7, 11) is 0.743. The highest BCUT2D eigenvalue weighted by molar-refractivity contribution is 5.98. The van der Waals surface area contributed by atoms with Gasteiger partial charge in [0.2, 0.25) is 0 Å². The van der Waals surface area contributed by atoms with Crippen molar-refractivity contribution >= 4 is 10.5 Å². The lowest BCUT2D eigenvalue weighted by atomic mass is 10.1. The van der Waals surface area contributed by atoms with Crippen molar-refractivity contribution in [3.63, 3.8) is 0 Å². The van der Waals surface area contributed by atoms with E-state index < -0.39 is 0 Å². The molecule has 0 heterocycles. The number of hydrogen-bond donors (Lipinski definition) is 0. The van der Waals surface area contributed by atoms with E-state index in [1.807, 2.05) is 0 Å². The molecule has 0 saturated carbocycles. The predicted molar refractivity (Wildman–Crippen MR) is 110 cm³/mol. The Balaban J connectivity index is 3.23. The molecule has 0 fully saturated rings. The first-order chi connectivity index (χ1) is 11.8.